The molecule has 0 aliphatic carbocycles. The number of hydrogen-bond acceptors (Lipinski definition) is 6. The van der Waals surface area contributed by atoms with Gasteiger partial charge in [0.25, 0.3) is 5.91 Å². The van der Waals surface area contributed by atoms with Gasteiger partial charge in [-0.25, -0.2) is 0 Å². The highest BCUT2D eigenvalue weighted by atomic mass is 32.2. The van der Waals surface area contributed by atoms with E-state index in [4.69, 9.17) is 10.00 Å². The number of nitrogens with one attached hydrogen (secondary N) is 1. The highest BCUT2D eigenvalue weighted by Crippen LogP contribution is 2.36. The number of carbonyl (C=O) groups excluding carboxylic acids is 2. The maximum atomic E-state index is 12.9. The van der Waals surface area contributed by atoms with E-state index in [1.807, 2.05) is 12.1 Å². The Morgan fingerprint density at radius 1 is 1.39 bits per heavy atom. The minimum atomic E-state index is -0.428. The summed E-state index contributed by atoms with van der Waals surface area (Å²) >= 11 is 1.54. The van der Waals surface area contributed by atoms with Crippen LogP contribution in [0.1, 0.15) is 48.5 Å². The van der Waals surface area contributed by atoms with Gasteiger partial charge in [-0.2, -0.15) is 5.26 Å². The molecule has 2 fully saturated rings. The summed E-state index contributed by atoms with van der Waals surface area (Å²) in [7, 11) is 0. The van der Waals surface area contributed by atoms with E-state index in [0.717, 1.165) is 30.4 Å². The van der Waals surface area contributed by atoms with Crippen LogP contribution in [0.2, 0.25) is 0 Å². The highest BCUT2D eigenvalue weighted by molar-refractivity contribution is 7.99. The van der Waals surface area contributed by atoms with Crippen LogP contribution < -0.4 is 5.32 Å². The second kappa shape index (κ2) is 8.85. The molecule has 162 valence electrons. The van der Waals surface area contributed by atoms with Gasteiger partial charge in [-0.15, -0.1) is 11.8 Å². The van der Waals surface area contributed by atoms with Gasteiger partial charge < -0.3 is 15.0 Å². The number of nitriles is 1. The van der Waals surface area contributed by atoms with Crippen LogP contribution in [0.5, 0.6) is 0 Å². The fourth-order valence-corrected chi connectivity index (χ4v) is 5.38. The van der Waals surface area contributed by atoms with Crippen LogP contribution in [-0.4, -0.2) is 58.1 Å². The minimum Gasteiger partial charge on any atom is -0.376 e. The molecule has 8 heteroatoms. The molecule has 0 bridgehead atoms. The van der Waals surface area contributed by atoms with Crippen molar-refractivity contribution in [3.05, 3.63) is 41.6 Å². The number of pyridine rings is 1. The highest BCUT2D eigenvalue weighted by Gasteiger charge is 2.31. The fraction of sp³-hybridized carbons (Fsp3) is 0.478. The molecule has 3 heterocycles. The van der Waals surface area contributed by atoms with E-state index in [1.54, 1.807) is 24.0 Å². The summed E-state index contributed by atoms with van der Waals surface area (Å²) < 4.78 is 5.84. The molecular formula is C23H26N4O3S. The lowest BCUT2D eigenvalue weighted by Crippen LogP contribution is -2.42. The Bertz CT molecular complexity index is 1050. The molecule has 0 spiro atoms. The molecule has 2 saturated heterocycles. The molecule has 2 amide bonds. The summed E-state index contributed by atoms with van der Waals surface area (Å²) in [6, 6.07) is 9.48. The molecule has 2 aliphatic heterocycles. The number of nitrogens with zero attached hydrogens (tertiary/aromatic N) is 3. The average Bonchev–Trinajstić information content (AvgIpc) is 3.25. The molecule has 31 heavy (non-hydrogen) atoms. The smallest absolute Gasteiger partial charge is 0.252 e. The van der Waals surface area contributed by atoms with Crippen LogP contribution >= 0.6 is 11.8 Å². The summed E-state index contributed by atoms with van der Waals surface area (Å²) in [5.41, 5.74) is 2.25. The summed E-state index contributed by atoms with van der Waals surface area (Å²) in [4.78, 5) is 31.3. The third kappa shape index (κ3) is 4.68. The fourth-order valence-electron chi connectivity index (χ4n) is 4.28. The van der Waals surface area contributed by atoms with Gasteiger partial charge in [-0.1, -0.05) is 6.07 Å². The zero-order valence-electron chi connectivity index (χ0n) is 17.8. The molecule has 2 atom stereocenters. The van der Waals surface area contributed by atoms with Crippen molar-refractivity contribution in [2.45, 2.75) is 44.2 Å². The van der Waals surface area contributed by atoms with Crippen LogP contribution in [-0.2, 0) is 9.53 Å². The van der Waals surface area contributed by atoms with Crippen LogP contribution in [0.3, 0.4) is 0 Å². The predicted octanol–water partition coefficient (Wildman–Crippen LogP) is 3.06. The normalized spacial score (nSPS) is 22.8. The SMILES string of the molecule is CC1(C)C[C@H](c2ccc3nccc(C(=O)NCC(=O)N4CSC[C@H]4C#N)c3c2)CCO1. The van der Waals surface area contributed by atoms with Gasteiger partial charge >= 0.3 is 0 Å². The number of ether oxygens (including phenoxy) is 1. The van der Waals surface area contributed by atoms with Crippen molar-refractivity contribution in [3.8, 4) is 6.07 Å². The first-order valence-electron chi connectivity index (χ1n) is 10.5. The van der Waals surface area contributed by atoms with Crippen molar-refractivity contribution in [2.24, 2.45) is 0 Å². The van der Waals surface area contributed by atoms with Crippen molar-refractivity contribution in [1.82, 2.24) is 15.2 Å². The predicted molar refractivity (Wildman–Crippen MR) is 120 cm³/mol. The monoisotopic (exact) mass is 438 g/mol. The molecule has 0 radical (unpaired) electrons. The molecule has 7 nitrogen and oxygen atoms in total. The Hall–Kier alpha value is -2.63. The molecule has 1 aromatic carbocycles. The molecule has 1 N–H and O–H groups in total. The summed E-state index contributed by atoms with van der Waals surface area (Å²) in [5, 5.41) is 12.7. The first-order valence-corrected chi connectivity index (χ1v) is 11.6. The number of fused-ring (bicyclic) bond motifs is 1. The zero-order chi connectivity index (χ0) is 22.0. The second-order valence-corrected chi connectivity index (χ2v) is 9.62. The maximum absolute atomic E-state index is 12.9. The Morgan fingerprint density at radius 2 is 2.23 bits per heavy atom. The summed E-state index contributed by atoms with van der Waals surface area (Å²) in [5.74, 6) is 0.896. The van der Waals surface area contributed by atoms with Crippen LogP contribution in [0.25, 0.3) is 10.9 Å². The third-order valence-electron chi connectivity index (χ3n) is 5.93. The largest absolute Gasteiger partial charge is 0.376 e. The van der Waals surface area contributed by atoms with E-state index in [-0.39, 0.29) is 24.0 Å². The topological polar surface area (TPSA) is 95.3 Å². The Labute approximate surface area is 186 Å². The molecule has 1 aromatic heterocycles. The molecule has 0 unspecified atom stereocenters. The van der Waals surface area contributed by atoms with E-state index in [1.165, 1.54) is 10.5 Å². The van der Waals surface area contributed by atoms with Gasteiger partial charge in [0.1, 0.15) is 6.04 Å². The lowest BCUT2D eigenvalue weighted by molar-refractivity contribution is -0.129. The van der Waals surface area contributed by atoms with Gasteiger partial charge in [0, 0.05) is 23.9 Å². The Balaban J connectivity index is 1.52. The van der Waals surface area contributed by atoms with Crippen molar-refractivity contribution < 1.29 is 14.3 Å². The van der Waals surface area contributed by atoms with Crippen molar-refractivity contribution in [3.63, 3.8) is 0 Å². The number of thioether (sulfide) groups is 1. The molecule has 0 saturated carbocycles. The Morgan fingerprint density at radius 3 is 3.00 bits per heavy atom. The molecular weight excluding hydrogens is 412 g/mol. The lowest BCUT2D eigenvalue weighted by Gasteiger charge is -2.35. The van der Waals surface area contributed by atoms with Crippen molar-refractivity contribution in [1.29, 1.82) is 5.26 Å². The third-order valence-corrected chi connectivity index (χ3v) is 6.94. The lowest BCUT2D eigenvalue weighted by atomic mass is 9.83. The van der Waals surface area contributed by atoms with Crippen LogP contribution in [0, 0.1) is 11.3 Å². The van der Waals surface area contributed by atoms with E-state index >= 15 is 0 Å². The van der Waals surface area contributed by atoms with E-state index in [0.29, 0.717) is 23.1 Å². The van der Waals surface area contributed by atoms with E-state index in [2.05, 4.69) is 36.3 Å². The van der Waals surface area contributed by atoms with Gasteiger partial charge in [0.15, 0.2) is 0 Å². The number of rotatable bonds is 4. The average molecular weight is 439 g/mol. The first-order chi connectivity index (χ1) is 14.9. The van der Waals surface area contributed by atoms with Gasteiger partial charge in [0.05, 0.1) is 35.2 Å². The van der Waals surface area contributed by atoms with Crippen LogP contribution in [0.15, 0.2) is 30.5 Å². The van der Waals surface area contributed by atoms with E-state index < -0.39 is 6.04 Å². The molecule has 4 rings (SSSR count). The van der Waals surface area contributed by atoms with E-state index in [9.17, 15) is 9.59 Å². The summed E-state index contributed by atoms with van der Waals surface area (Å²) in [6.07, 6.45) is 3.47. The van der Waals surface area contributed by atoms with Gasteiger partial charge in [0.2, 0.25) is 5.91 Å². The summed E-state index contributed by atoms with van der Waals surface area (Å²) in [6.45, 7) is 4.80. The Kier molecular flexibility index (Phi) is 6.17. The molecule has 2 aromatic rings. The number of aromatic nitrogens is 1. The number of carbonyl (C=O) groups is 2. The zero-order valence-corrected chi connectivity index (χ0v) is 18.6. The first kappa shape index (κ1) is 21.6. The van der Waals surface area contributed by atoms with Crippen molar-refractivity contribution >= 4 is 34.5 Å². The molecule has 2 aliphatic rings. The number of amides is 2. The van der Waals surface area contributed by atoms with Crippen LogP contribution in [0.4, 0.5) is 0 Å². The number of hydrogen-bond donors (Lipinski definition) is 1. The van der Waals surface area contributed by atoms with Gasteiger partial charge in [-0.3, -0.25) is 14.6 Å². The maximum Gasteiger partial charge on any atom is 0.252 e. The minimum absolute atomic E-state index is 0.130. The quantitative estimate of drug-likeness (QED) is 0.788. The van der Waals surface area contributed by atoms with Gasteiger partial charge in [-0.05, 0) is 56.4 Å². The van der Waals surface area contributed by atoms with Crippen molar-refractivity contribution in [2.75, 3.05) is 24.8 Å². The standard InChI is InChI=1S/C23H26N4O3S/c1-23(2)10-16(6-8-30-23)15-3-4-20-19(9-15)18(5-7-25-20)22(29)26-12-21(28)27-14-31-13-17(27)11-24/h3-5,7,9,16-17H,6,8,10,12-14H2,1-2H3,(H,26,29)/t16-,17-/m1/s1. The second-order valence-electron chi connectivity index (χ2n) is 8.62. The number of benzene rings is 1.